The summed E-state index contributed by atoms with van der Waals surface area (Å²) in [5, 5.41) is 0. The van der Waals surface area contributed by atoms with Crippen molar-refractivity contribution in [2.75, 3.05) is 0 Å². The van der Waals surface area contributed by atoms with Crippen LogP contribution < -0.4 is 0 Å². The van der Waals surface area contributed by atoms with Crippen LogP contribution in [0.25, 0.3) is 0 Å². The summed E-state index contributed by atoms with van der Waals surface area (Å²) in [5.74, 6) is 1.26. The molecule has 1 aliphatic rings. The lowest BCUT2D eigenvalue weighted by Crippen LogP contribution is -2.03. The van der Waals surface area contributed by atoms with Crippen LogP contribution in [0.1, 0.15) is 38.3 Å². The highest BCUT2D eigenvalue weighted by Crippen LogP contribution is 2.48. The van der Waals surface area contributed by atoms with Gasteiger partial charge in [0.25, 0.3) is 0 Å². The van der Waals surface area contributed by atoms with E-state index in [0.29, 0.717) is 24.0 Å². The number of ketones is 1. The van der Waals surface area contributed by atoms with Crippen LogP contribution in [-0.4, -0.2) is 10.4 Å². The average Bonchev–Trinajstić information content (AvgIpc) is 2.87. The number of nitrogens with zero attached hydrogens (tertiary/aromatic N) is 1. The fourth-order valence-electron chi connectivity index (χ4n) is 2.19. The minimum atomic E-state index is 0.320. The lowest BCUT2D eigenvalue weighted by molar-refractivity contribution is -0.120. The van der Waals surface area contributed by atoms with E-state index >= 15 is 0 Å². The number of carbonyl (C=O) groups is 1. The van der Waals surface area contributed by atoms with Gasteiger partial charge >= 0.3 is 0 Å². The third-order valence-corrected chi connectivity index (χ3v) is 3.14. The predicted octanol–water partition coefficient (Wildman–Crippen LogP) is 2.59. The van der Waals surface area contributed by atoms with Gasteiger partial charge in [-0.15, -0.1) is 0 Å². The molecule has 76 valence electrons. The minimum Gasteiger partial charge on any atom is -0.351 e. The standard InChI is InChI=1S/C12H17NO/c1-3-12(14)10-8-9(10)11-6-5-7-13(11)4-2/h5-7,9-10H,3-4,8H2,1-2H3. The number of aryl methyl sites for hydroxylation is 1. The molecule has 0 bridgehead atoms. The topological polar surface area (TPSA) is 22.0 Å². The molecular weight excluding hydrogens is 174 g/mol. The molecule has 1 aromatic heterocycles. The van der Waals surface area contributed by atoms with E-state index < -0.39 is 0 Å². The van der Waals surface area contributed by atoms with E-state index in [2.05, 4.69) is 29.8 Å². The van der Waals surface area contributed by atoms with Crippen LogP contribution in [0.15, 0.2) is 18.3 Å². The summed E-state index contributed by atoms with van der Waals surface area (Å²) in [6.45, 7) is 5.10. The Hall–Kier alpha value is -1.05. The normalized spacial score (nSPS) is 25.0. The van der Waals surface area contributed by atoms with Crippen molar-refractivity contribution in [2.24, 2.45) is 5.92 Å². The summed E-state index contributed by atoms with van der Waals surface area (Å²) in [7, 11) is 0. The summed E-state index contributed by atoms with van der Waals surface area (Å²) < 4.78 is 2.24. The molecular formula is C12H17NO. The van der Waals surface area contributed by atoms with Gasteiger partial charge in [0.05, 0.1) is 0 Å². The second kappa shape index (κ2) is 3.60. The average molecular weight is 191 g/mol. The van der Waals surface area contributed by atoms with Crippen LogP contribution in [0.5, 0.6) is 0 Å². The molecule has 1 fully saturated rings. The molecule has 2 unspecified atom stereocenters. The summed E-state index contributed by atoms with van der Waals surface area (Å²) in [5.41, 5.74) is 1.35. The third-order valence-electron chi connectivity index (χ3n) is 3.14. The first-order chi connectivity index (χ1) is 6.77. The summed E-state index contributed by atoms with van der Waals surface area (Å²) in [6, 6.07) is 4.22. The zero-order valence-electron chi connectivity index (χ0n) is 8.86. The van der Waals surface area contributed by atoms with Crippen molar-refractivity contribution in [1.82, 2.24) is 4.57 Å². The van der Waals surface area contributed by atoms with Gasteiger partial charge < -0.3 is 4.57 Å². The van der Waals surface area contributed by atoms with Crippen molar-refractivity contribution in [3.05, 3.63) is 24.0 Å². The van der Waals surface area contributed by atoms with Gasteiger partial charge in [0.2, 0.25) is 0 Å². The molecule has 0 N–H and O–H groups in total. The van der Waals surface area contributed by atoms with Crippen LogP contribution in [0.3, 0.4) is 0 Å². The number of Topliss-reactive ketones (excluding diaryl/α,β-unsaturated/α-hetero) is 1. The lowest BCUT2D eigenvalue weighted by atomic mass is 10.1. The van der Waals surface area contributed by atoms with Crippen LogP contribution in [0.4, 0.5) is 0 Å². The molecule has 14 heavy (non-hydrogen) atoms. The molecule has 0 amide bonds. The largest absolute Gasteiger partial charge is 0.351 e. The number of aromatic nitrogens is 1. The van der Waals surface area contributed by atoms with Crippen molar-refractivity contribution in [1.29, 1.82) is 0 Å². The van der Waals surface area contributed by atoms with E-state index in [1.54, 1.807) is 0 Å². The van der Waals surface area contributed by atoms with Crippen LogP contribution in [0.2, 0.25) is 0 Å². The Labute approximate surface area is 84.9 Å². The van der Waals surface area contributed by atoms with Gasteiger partial charge in [-0.2, -0.15) is 0 Å². The van der Waals surface area contributed by atoms with E-state index in [0.717, 1.165) is 13.0 Å². The van der Waals surface area contributed by atoms with Gasteiger partial charge in [0.1, 0.15) is 5.78 Å². The summed E-state index contributed by atoms with van der Waals surface area (Å²) in [6.07, 6.45) is 3.85. The summed E-state index contributed by atoms with van der Waals surface area (Å²) >= 11 is 0. The Balaban J connectivity index is 2.09. The number of hydrogen-bond donors (Lipinski definition) is 0. The molecule has 2 nitrogen and oxygen atoms in total. The van der Waals surface area contributed by atoms with Crippen molar-refractivity contribution < 1.29 is 4.79 Å². The van der Waals surface area contributed by atoms with Gasteiger partial charge in [-0.25, -0.2) is 0 Å². The fraction of sp³-hybridized carbons (Fsp3) is 0.583. The Bertz CT molecular complexity index is 340. The summed E-state index contributed by atoms with van der Waals surface area (Å²) in [4.78, 5) is 11.5. The zero-order chi connectivity index (χ0) is 10.1. The molecule has 1 saturated carbocycles. The van der Waals surface area contributed by atoms with Crippen molar-refractivity contribution in [3.63, 3.8) is 0 Å². The molecule has 1 heterocycles. The minimum absolute atomic E-state index is 0.320. The van der Waals surface area contributed by atoms with Crippen molar-refractivity contribution in [2.45, 2.75) is 39.2 Å². The van der Waals surface area contributed by atoms with Crippen LogP contribution >= 0.6 is 0 Å². The Kier molecular flexibility index (Phi) is 2.44. The van der Waals surface area contributed by atoms with Gasteiger partial charge in [0, 0.05) is 36.7 Å². The van der Waals surface area contributed by atoms with Crippen LogP contribution in [-0.2, 0) is 11.3 Å². The maximum absolute atomic E-state index is 11.5. The third kappa shape index (κ3) is 1.49. The highest BCUT2D eigenvalue weighted by atomic mass is 16.1. The predicted molar refractivity (Wildman–Crippen MR) is 56.3 cm³/mol. The molecule has 0 saturated heterocycles. The molecule has 0 aromatic carbocycles. The van der Waals surface area contributed by atoms with E-state index in [1.807, 2.05) is 6.92 Å². The number of rotatable bonds is 4. The van der Waals surface area contributed by atoms with Gasteiger partial charge in [-0.05, 0) is 25.5 Å². The van der Waals surface area contributed by atoms with E-state index in [9.17, 15) is 4.79 Å². The van der Waals surface area contributed by atoms with Gasteiger partial charge in [-0.1, -0.05) is 6.92 Å². The number of hydrogen-bond acceptors (Lipinski definition) is 1. The zero-order valence-corrected chi connectivity index (χ0v) is 8.86. The van der Waals surface area contributed by atoms with Gasteiger partial charge in [0.15, 0.2) is 0 Å². The van der Waals surface area contributed by atoms with E-state index in [1.165, 1.54) is 5.69 Å². The molecule has 0 aliphatic heterocycles. The maximum atomic E-state index is 11.5. The Morgan fingerprint density at radius 2 is 2.36 bits per heavy atom. The fourth-order valence-corrected chi connectivity index (χ4v) is 2.19. The van der Waals surface area contributed by atoms with Crippen molar-refractivity contribution >= 4 is 5.78 Å². The molecule has 1 aromatic rings. The first kappa shape index (κ1) is 9.50. The Morgan fingerprint density at radius 3 is 3.00 bits per heavy atom. The molecule has 2 atom stereocenters. The second-order valence-electron chi connectivity index (χ2n) is 3.99. The molecule has 1 aliphatic carbocycles. The molecule has 0 radical (unpaired) electrons. The second-order valence-corrected chi connectivity index (χ2v) is 3.99. The molecule has 2 heteroatoms. The monoisotopic (exact) mass is 191 g/mol. The van der Waals surface area contributed by atoms with Gasteiger partial charge in [-0.3, -0.25) is 4.79 Å². The van der Waals surface area contributed by atoms with Crippen LogP contribution in [0, 0.1) is 5.92 Å². The van der Waals surface area contributed by atoms with E-state index in [4.69, 9.17) is 0 Å². The smallest absolute Gasteiger partial charge is 0.136 e. The Morgan fingerprint density at radius 1 is 1.57 bits per heavy atom. The lowest BCUT2D eigenvalue weighted by Gasteiger charge is -2.04. The first-order valence-corrected chi connectivity index (χ1v) is 5.45. The van der Waals surface area contributed by atoms with Crippen molar-refractivity contribution in [3.8, 4) is 0 Å². The SMILES string of the molecule is CCC(=O)C1CC1c1cccn1CC. The molecule has 0 spiro atoms. The highest BCUT2D eigenvalue weighted by molar-refractivity contribution is 5.84. The first-order valence-electron chi connectivity index (χ1n) is 5.45. The number of carbonyl (C=O) groups excluding carboxylic acids is 1. The maximum Gasteiger partial charge on any atom is 0.136 e. The van der Waals surface area contributed by atoms with E-state index in [-0.39, 0.29) is 0 Å². The molecule has 2 rings (SSSR count). The quantitative estimate of drug-likeness (QED) is 0.717. The highest BCUT2D eigenvalue weighted by Gasteiger charge is 2.43.